The molecule has 1 unspecified atom stereocenters. The van der Waals surface area contributed by atoms with Gasteiger partial charge in [-0.1, -0.05) is 19.0 Å². The Labute approximate surface area is 145 Å². The number of hydrogen-bond donors (Lipinski definition) is 1. The van der Waals surface area contributed by atoms with Gasteiger partial charge in [0.15, 0.2) is 5.65 Å². The van der Waals surface area contributed by atoms with E-state index >= 15 is 0 Å². The van der Waals surface area contributed by atoms with Crippen LogP contribution in [0.5, 0.6) is 0 Å². The molecule has 0 aromatic carbocycles. The average molecular weight is 339 g/mol. The van der Waals surface area contributed by atoms with Crippen molar-refractivity contribution < 1.29 is 9.32 Å². The van der Waals surface area contributed by atoms with Crippen molar-refractivity contribution in [1.29, 1.82) is 0 Å². The third-order valence-corrected chi connectivity index (χ3v) is 4.78. The van der Waals surface area contributed by atoms with Crippen molar-refractivity contribution in [2.75, 3.05) is 13.1 Å². The van der Waals surface area contributed by atoms with Crippen molar-refractivity contribution >= 4 is 16.9 Å². The van der Waals surface area contributed by atoms with E-state index in [1.54, 1.807) is 12.3 Å². The molecule has 1 saturated heterocycles. The molecule has 4 rings (SSSR count). The van der Waals surface area contributed by atoms with E-state index < -0.39 is 0 Å². The molecule has 0 saturated carbocycles. The maximum Gasteiger partial charge on any atom is 0.292 e. The smallest absolute Gasteiger partial charge is 0.292 e. The quantitative estimate of drug-likeness (QED) is 0.792. The summed E-state index contributed by atoms with van der Waals surface area (Å²) in [4.78, 5) is 19.2. The van der Waals surface area contributed by atoms with Gasteiger partial charge in [0, 0.05) is 36.2 Å². The van der Waals surface area contributed by atoms with E-state index in [0.717, 1.165) is 41.8 Å². The van der Waals surface area contributed by atoms with Gasteiger partial charge in [-0.15, -0.1) is 0 Å². The van der Waals surface area contributed by atoms with Crippen LogP contribution < -0.4 is 0 Å². The summed E-state index contributed by atoms with van der Waals surface area (Å²) >= 11 is 0. The lowest BCUT2D eigenvalue weighted by molar-refractivity contribution is 0.0664. The zero-order chi connectivity index (χ0) is 17.4. The van der Waals surface area contributed by atoms with Crippen LogP contribution >= 0.6 is 0 Å². The van der Waals surface area contributed by atoms with Crippen molar-refractivity contribution in [3.63, 3.8) is 0 Å². The van der Waals surface area contributed by atoms with Gasteiger partial charge in [-0.05, 0) is 30.9 Å². The summed E-state index contributed by atoms with van der Waals surface area (Å²) in [5, 5.41) is 11.9. The minimum atomic E-state index is -0.0910. The second-order valence-corrected chi connectivity index (χ2v) is 6.91. The molecule has 0 bridgehead atoms. The van der Waals surface area contributed by atoms with Crippen LogP contribution in [0.2, 0.25) is 0 Å². The molecule has 4 heterocycles. The number of aromatic amines is 1. The maximum absolute atomic E-state index is 12.7. The fourth-order valence-corrected chi connectivity index (χ4v) is 3.29. The lowest BCUT2D eigenvalue weighted by Gasteiger charge is -2.31. The second-order valence-electron chi connectivity index (χ2n) is 6.91. The standard InChI is InChI=1S/C18H21N5O2/c1-11(2)15-8-16(25-22-15)18(24)23-7-3-4-13(10-23)14-6-5-12-9-19-21-17(12)20-14/h5-6,8-9,11,13H,3-4,7,10H2,1-2H3,(H,19,20,21). The van der Waals surface area contributed by atoms with Gasteiger partial charge in [0.2, 0.25) is 5.76 Å². The monoisotopic (exact) mass is 339 g/mol. The van der Waals surface area contributed by atoms with Gasteiger partial charge in [-0.25, -0.2) is 4.98 Å². The van der Waals surface area contributed by atoms with Gasteiger partial charge in [-0.3, -0.25) is 9.89 Å². The highest BCUT2D eigenvalue weighted by Crippen LogP contribution is 2.28. The first-order chi connectivity index (χ1) is 12.1. The van der Waals surface area contributed by atoms with E-state index in [-0.39, 0.29) is 17.7 Å². The van der Waals surface area contributed by atoms with Crippen LogP contribution in [0, 0.1) is 0 Å². The van der Waals surface area contributed by atoms with Gasteiger partial charge < -0.3 is 9.42 Å². The highest BCUT2D eigenvalue weighted by molar-refractivity contribution is 5.91. The van der Waals surface area contributed by atoms with Crippen molar-refractivity contribution in [1.82, 2.24) is 25.2 Å². The Hall–Kier alpha value is -2.70. The van der Waals surface area contributed by atoms with Gasteiger partial charge in [0.25, 0.3) is 5.91 Å². The molecule has 1 fully saturated rings. The molecule has 1 atom stereocenters. The van der Waals surface area contributed by atoms with Crippen molar-refractivity contribution in [3.05, 3.63) is 41.5 Å². The van der Waals surface area contributed by atoms with E-state index in [1.165, 1.54) is 0 Å². The Morgan fingerprint density at radius 2 is 2.28 bits per heavy atom. The number of hydrogen-bond acceptors (Lipinski definition) is 5. The highest BCUT2D eigenvalue weighted by atomic mass is 16.5. The molecule has 1 aliphatic rings. The van der Waals surface area contributed by atoms with Gasteiger partial charge in [0.05, 0.1) is 11.9 Å². The number of piperidine rings is 1. The molecule has 0 aliphatic carbocycles. The molecule has 130 valence electrons. The van der Waals surface area contributed by atoms with Crippen LogP contribution in [0.15, 0.2) is 28.9 Å². The Balaban J connectivity index is 1.52. The van der Waals surface area contributed by atoms with E-state index in [1.807, 2.05) is 30.9 Å². The zero-order valence-electron chi connectivity index (χ0n) is 14.4. The Kier molecular flexibility index (Phi) is 3.99. The third kappa shape index (κ3) is 3.01. The Bertz CT molecular complexity index is 898. The van der Waals surface area contributed by atoms with Gasteiger partial charge >= 0.3 is 0 Å². The summed E-state index contributed by atoms with van der Waals surface area (Å²) in [6, 6.07) is 5.81. The third-order valence-electron chi connectivity index (χ3n) is 4.78. The number of carbonyl (C=O) groups is 1. The largest absolute Gasteiger partial charge is 0.351 e. The molecule has 3 aromatic rings. The molecule has 1 N–H and O–H groups in total. The SMILES string of the molecule is CC(C)c1cc(C(=O)N2CCCC(c3ccc4cn[nH]c4n3)C2)on1. The van der Waals surface area contributed by atoms with Crippen LogP contribution in [-0.4, -0.2) is 44.2 Å². The predicted molar refractivity (Wildman–Crippen MR) is 92.4 cm³/mol. The van der Waals surface area contributed by atoms with E-state index in [4.69, 9.17) is 4.52 Å². The highest BCUT2D eigenvalue weighted by Gasteiger charge is 2.28. The summed E-state index contributed by atoms with van der Waals surface area (Å²) in [6.45, 7) is 5.43. The lowest BCUT2D eigenvalue weighted by atomic mass is 9.94. The minimum absolute atomic E-state index is 0.0910. The topological polar surface area (TPSA) is 87.9 Å². The van der Waals surface area contributed by atoms with E-state index in [9.17, 15) is 4.79 Å². The first-order valence-electron chi connectivity index (χ1n) is 8.67. The number of nitrogens with zero attached hydrogens (tertiary/aromatic N) is 4. The van der Waals surface area contributed by atoms with Crippen molar-refractivity contribution in [2.24, 2.45) is 0 Å². The fraction of sp³-hybridized carbons (Fsp3) is 0.444. The first kappa shape index (κ1) is 15.8. The van der Waals surface area contributed by atoms with Crippen LogP contribution in [0.4, 0.5) is 0 Å². The zero-order valence-corrected chi connectivity index (χ0v) is 14.4. The van der Waals surface area contributed by atoms with E-state index in [2.05, 4.69) is 20.3 Å². The Morgan fingerprint density at radius 1 is 1.40 bits per heavy atom. The molecular formula is C18H21N5O2. The van der Waals surface area contributed by atoms with Crippen LogP contribution in [-0.2, 0) is 0 Å². The summed E-state index contributed by atoms with van der Waals surface area (Å²) in [5.41, 5.74) is 2.59. The second kappa shape index (κ2) is 6.31. The number of rotatable bonds is 3. The number of pyridine rings is 1. The number of amides is 1. The Morgan fingerprint density at radius 3 is 3.08 bits per heavy atom. The molecule has 25 heavy (non-hydrogen) atoms. The lowest BCUT2D eigenvalue weighted by Crippen LogP contribution is -2.39. The number of fused-ring (bicyclic) bond motifs is 1. The summed E-state index contributed by atoms with van der Waals surface area (Å²) in [5.74, 6) is 0.690. The molecule has 1 aliphatic heterocycles. The number of carbonyl (C=O) groups excluding carboxylic acids is 1. The summed E-state index contributed by atoms with van der Waals surface area (Å²) < 4.78 is 5.26. The van der Waals surface area contributed by atoms with Crippen LogP contribution in [0.1, 0.15) is 60.5 Å². The molecule has 0 spiro atoms. The van der Waals surface area contributed by atoms with Crippen molar-refractivity contribution in [2.45, 2.75) is 38.5 Å². The molecular weight excluding hydrogens is 318 g/mol. The number of aromatic nitrogens is 4. The van der Waals surface area contributed by atoms with Crippen molar-refractivity contribution in [3.8, 4) is 0 Å². The number of likely N-dealkylation sites (tertiary alicyclic amines) is 1. The molecule has 7 nitrogen and oxygen atoms in total. The predicted octanol–water partition coefficient (Wildman–Crippen LogP) is 3.09. The normalized spacial score (nSPS) is 18.2. The molecule has 7 heteroatoms. The molecule has 3 aromatic heterocycles. The van der Waals surface area contributed by atoms with Crippen LogP contribution in [0.3, 0.4) is 0 Å². The molecule has 0 radical (unpaired) electrons. The first-order valence-corrected chi connectivity index (χ1v) is 8.67. The van der Waals surface area contributed by atoms with Crippen LogP contribution in [0.25, 0.3) is 11.0 Å². The number of nitrogens with one attached hydrogen (secondary N) is 1. The van der Waals surface area contributed by atoms with Gasteiger partial charge in [-0.2, -0.15) is 5.10 Å². The average Bonchev–Trinajstić information content (AvgIpc) is 3.30. The summed E-state index contributed by atoms with van der Waals surface area (Å²) in [7, 11) is 0. The summed E-state index contributed by atoms with van der Waals surface area (Å²) in [6.07, 6.45) is 3.73. The minimum Gasteiger partial charge on any atom is -0.351 e. The van der Waals surface area contributed by atoms with Gasteiger partial charge in [0.1, 0.15) is 0 Å². The number of H-pyrrole nitrogens is 1. The van der Waals surface area contributed by atoms with E-state index in [0.29, 0.717) is 12.3 Å². The fourth-order valence-electron chi connectivity index (χ4n) is 3.29. The maximum atomic E-state index is 12.7. The molecule has 1 amide bonds.